The molecule has 0 unspecified atom stereocenters. The van der Waals surface area contributed by atoms with E-state index in [9.17, 15) is 9.59 Å². The van der Waals surface area contributed by atoms with Crippen LogP contribution in [0.25, 0.3) is 0 Å². The summed E-state index contributed by atoms with van der Waals surface area (Å²) in [6.07, 6.45) is 0. The van der Waals surface area contributed by atoms with E-state index in [-0.39, 0.29) is 11.8 Å². The highest BCUT2D eigenvalue weighted by Crippen LogP contribution is 2.05. The molecule has 116 valence electrons. The molecule has 0 saturated carbocycles. The van der Waals surface area contributed by atoms with E-state index in [2.05, 4.69) is 29.4 Å². The highest BCUT2D eigenvalue weighted by molar-refractivity contribution is 5.94. The zero-order valence-electron chi connectivity index (χ0n) is 13.1. The van der Waals surface area contributed by atoms with Gasteiger partial charge >= 0.3 is 0 Å². The molecule has 2 amide bonds. The lowest BCUT2D eigenvalue weighted by Gasteiger charge is -2.18. The van der Waals surface area contributed by atoms with Gasteiger partial charge < -0.3 is 15.5 Å². The number of likely N-dealkylation sites (N-methyl/N-ethyl adjacent to an activating group) is 1. The van der Waals surface area contributed by atoms with Gasteiger partial charge in [-0.3, -0.25) is 9.59 Å². The van der Waals surface area contributed by atoms with Crippen LogP contribution in [0.2, 0.25) is 0 Å². The topological polar surface area (TPSA) is 61.4 Å². The van der Waals surface area contributed by atoms with Crippen molar-refractivity contribution < 1.29 is 9.59 Å². The standard InChI is InChI=1S/C16H25N3O2/c1-4-19(5-2)10-9-17-16(21)15-8-6-7-14(11-15)12-18-13(3)20/h6-8,11H,4-5,9-10,12H2,1-3H3,(H,17,21)(H,18,20). The van der Waals surface area contributed by atoms with Crippen molar-refractivity contribution in [1.29, 1.82) is 0 Å². The summed E-state index contributed by atoms with van der Waals surface area (Å²) >= 11 is 0. The normalized spacial score (nSPS) is 10.5. The Morgan fingerprint density at radius 2 is 1.86 bits per heavy atom. The summed E-state index contributed by atoms with van der Waals surface area (Å²) in [6, 6.07) is 7.31. The molecule has 2 N–H and O–H groups in total. The second kappa shape index (κ2) is 9.13. The summed E-state index contributed by atoms with van der Waals surface area (Å²) in [5, 5.41) is 5.65. The summed E-state index contributed by atoms with van der Waals surface area (Å²) in [6.45, 7) is 9.59. The van der Waals surface area contributed by atoms with Crippen molar-refractivity contribution in [3.63, 3.8) is 0 Å². The van der Waals surface area contributed by atoms with Crippen LogP contribution in [-0.2, 0) is 11.3 Å². The summed E-state index contributed by atoms with van der Waals surface area (Å²) in [5.74, 6) is -0.157. The van der Waals surface area contributed by atoms with Crippen molar-refractivity contribution in [2.45, 2.75) is 27.3 Å². The van der Waals surface area contributed by atoms with Gasteiger partial charge in [0.25, 0.3) is 5.91 Å². The number of hydrogen-bond donors (Lipinski definition) is 2. The zero-order valence-corrected chi connectivity index (χ0v) is 13.1. The molecule has 0 heterocycles. The third-order valence-corrected chi connectivity index (χ3v) is 3.34. The zero-order chi connectivity index (χ0) is 15.7. The lowest BCUT2D eigenvalue weighted by atomic mass is 10.1. The minimum absolute atomic E-state index is 0.0770. The second-order valence-electron chi connectivity index (χ2n) is 4.89. The van der Waals surface area contributed by atoms with Gasteiger partial charge in [0.2, 0.25) is 5.91 Å². The molecule has 0 aliphatic carbocycles. The maximum absolute atomic E-state index is 12.1. The van der Waals surface area contributed by atoms with Crippen LogP contribution in [0, 0.1) is 0 Å². The fourth-order valence-electron chi connectivity index (χ4n) is 2.02. The maximum atomic E-state index is 12.1. The summed E-state index contributed by atoms with van der Waals surface area (Å²) in [4.78, 5) is 25.2. The first-order chi connectivity index (χ1) is 10.1. The van der Waals surface area contributed by atoms with Gasteiger partial charge in [-0.1, -0.05) is 26.0 Å². The lowest BCUT2D eigenvalue weighted by molar-refractivity contribution is -0.119. The smallest absolute Gasteiger partial charge is 0.251 e. The van der Waals surface area contributed by atoms with E-state index in [1.165, 1.54) is 6.92 Å². The van der Waals surface area contributed by atoms with Gasteiger partial charge in [-0.05, 0) is 30.8 Å². The van der Waals surface area contributed by atoms with Crippen molar-refractivity contribution in [3.8, 4) is 0 Å². The van der Waals surface area contributed by atoms with Gasteiger partial charge in [0.1, 0.15) is 0 Å². The molecule has 0 radical (unpaired) electrons. The van der Waals surface area contributed by atoms with Crippen LogP contribution in [0.1, 0.15) is 36.7 Å². The number of rotatable bonds is 8. The molecule has 1 aromatic carbocycles. The molecule has 0 fully saturated rings. The van der Waals surface area contributed by atoms with E-state index in [4.69, 9.17) is 0 Å². The Bertz CT molecular complexity index is 470. The van der Waals surface area contributed by atoms with Crippen molar-refractivity contribution in [2.75, 3.05) is 26.2 Å². The van der Waals surface area contributed by atoms with Crippen molar-refractivity contribution in [3.05, 3.63) is 35.4 Å². The van der Waals surface area contributed by atoms with Crippen LogP contribution in [0.3, 0.4) is 0 Å². The van der Waals surface area contributed by atoms with E-state index < -0.39 is 0 Å². The summed E-state index contributed by atoms with van der Waals surface area (Å²) in [5.41, 5.74) is 1.54. The van der Waals surface area contributed by atoms with Gasteiger partial charge in [-0.2, -0.15) is 0 Å². The van der Waals surface area contributed by atoms with Crippen molar-refractivity contribution in [1.82, 2.24) is 15.5 Å². The van der Waals surface area contributed by atoms with Gasteiger partial charge in [-0.15, -0.1) is 0 Å². The predicted octanol–water partition coefficient (Wildman–Crippen LogP) is 1.39. The fraction of sp³-hybridized carbons (Fsp3) is 0.500. The third kappa shape index (κ3) is 6.40. The number of benzene rings is 1. The molecule has 0 bridgehead atoms. The highest BCUT2D eigenvalue weighted by Gasteiger charge is 2.07. The highest BCUT2D eigenvalue weighted by atomic mass is 16.2. The Morgan fingerprint density at radius 1 is 1.14 bits per heavy atom. The van der Waals surface area contributed by atoms with Gasteiger partial charge in [0.05, 0.1) is 0 Å². The molecular weight excluding hydrogens is 266 g/mol. The number of amides is 2. The molecule has 1 aromatic rings. The molecule has 0 atom stereocenters. The Kier molecular flexibility index (Phi) is 7.46. The van der Waals surface area contributed by atoms with Crippen LogP contribution in [-0.4, -0.2) is 42.9 Å². The van der Waals surface area contributed by atoms with Crippen molar-refractivity contribution in [2.24, 2.45) is 0 Å². The largest absolute Gasteiger partial charge is 0.352 e. The molecule has 21 heavy (non-hydrogen) atoms. The lowest BCUT2D eigenvalue weighted by Crippen LogP contribution is -2.34. The first kappa shape index (κ1) is 17.2. The molecule has 1 rings (SSSR count). The molecule has 5 nitrogen and oxygen atoms in total. The number of carbonyl (C=O) groups excluding carboxylic acids is 2. The van der Waals surface area contributed by atoms with Gasteiger partial charge in [0.15, 0.2) is 0 Å². The monoisotopic (exact) mass is 291 g/mol. The van der Waals surface area contributed by atoms with E-state index in [0.717, 1.165) is 25.2 Å². The van der Waals surface area contributed by atoms with Crippen LogP contribution in [0.4, 0.5) is 0 Å². The molecule has 0 aliphatic rings. The quantitative estimate of drug-likeness (QED) is 0.761. The van der Waals surface area contributed by atoms with E-state index >= 15 is 0 Å². The van der Waals surface area contributed by atoms with Crippen LogP contribution < -0.4 is 10.6 Å². The molecular formula is C16H25N3O2. The van der Waals surface area contributed by atoms with Gasteiger partial charge in [0, 0.05) is 32.1 Å². The Labute approximate surface area is 126 Å². The number of hydrogen-bond acceptors (Lipinski definition) is 3. The average molecular weight is 291 g/mol. The molecule has 0 saturated heterocycles. The number of nitrogens with zero attached hydrogens (tertiary/aromatic N) is 1. The Morgan fingerprint density at radius 3 is 2.48 bits per heavy atom. The molecule has 0 spiro atoms. The molecule has 0 aliphatic heterocycles. The molecule has 0 aromatic heterocycles. The summed E-state index contributed by atoms with van der Waals surface area (Å²) in [7, 11) is 0. The van der Waals surface area contributed by atoms with Crippen LogP contribution >= 0.6 is 0 Å². The SMILES string of the molecule is CCN(CC)CCNC(=O)c1cccc(CNC(C)=O)c1. The van der Waals surface area contributed by atoms with Crippen LogP contribution in [0.5, 0.6) is 0 Å². The van der Waals surface area contributed by atoms with Crippen molar-refractivity contribution >= 4 is 11.8 Å². The number of nitrogens with one attached hydrogen (secondary N) is 2. The maximum Gasteiger partial charge on any atom is 0.251 e. The first-order valence-electron chi connectivity index (χ1n) is 7.40. The fourth-order valence-corrected chi connectivity index (χ4v) is 2.02. The van der Waals surface area contributed by atoms with E-state index in [0.29, 0.717) is 18.7 Å². The van der Waals surface area contributed by atoms with Gasteiger partial charge in [-0.25, -0.2) is 0 Å². The van der Waals surface area contributed by atoms with E-state index in [1.807, 2.05) is 18.2 Å². The third-order valence-electron chi connectivity index (χ3n) is 3.34. The molecule has 5 heteroatoms. The second-order valence-corrected chi connectivity index (χ2v) is 4.89. The first-order valence-corrected chi connectivity index (χ1v) is 7.40. The van der Waals surface area contributed by atoms with Crippen LogP contribution in [0.15, 0.2) is 24.3 Å². The minimum Gasteiger partial charge on any atom is -0.352 e. The Hall–Kier alpha value is -1.88. The minimum atomic E-state index is -0.0796. The predicted molar refractivity (Wildman–Crippen MR) is 84.1 cm³/mol. The Balaban J connectivity index is 2.50. The number of carbonyl (C=O) groups is 2. The van der Waals surface area contributed by atoms with E-state index in [1.54, 1.807) is 6.07 Å². The average Bonchev–Trinajstić information content (AvgIpc) is 2.49. The summed E-state index contributed by atoms with van der Waals surface area (Å²) < 4.78 is 0.